The van der Waals surface area contributed by atoms with Gasteiger partial charge in [-0.15, -0.1) is 0 Å². The summed E-state index contributed by atoms with van der Waals surface area (Å²) in [4.78, 5) is 0. The molecule has 0 fully saturated rings. The number of hydrogen-bond acceptors (Lipinski definition) is 1. The summed E-state index contributed by atoms with van der Waals surface area (Å²) in [5, 5.41) is 12.8. The summed E-state index contributed by atoms with van der Waals surface area (Å²) in [5.41, 5.74) is 4.07. The number of hydrogen-bond donors (Lipinski definition) is 1. The average Bonchev–Trinajstić information content (AvgIpc) is 2.68. The van der Waals surface area contributed by atoms with E-state index in [9.17, 15) is 5.11 Å². The molecule has 1 nitrogen and oxygen atoms in total. The molecule has 0 radical (unpaired) electrons. The van der Waals surface area contributed by atoms with Crippen LogP contribution in [0.5, 0.6) is 5.75 Å². The fraction of sp³-hybridized carbons (Fsp3) is 0. The third-order valence-electron chi connectivity index (χ3n) is 4.37. The Kier molecular flexibility index (Phi) is 4.05. The van der Waals surface area contributed by atoms with E-state index in [1.165, 1.54) is 0 Å². The Morgan fingerprint density at radius 3 is 2.04 bits per heavy atom. The maximum atomic E-state index is 10.7. The fourth-order valence-electron chi connectivity index (χ4n) is 3.18. The molecule has 0 aliphatic rings. The van der Waals surface area contributed by atoms with Gasteiger partial charge in [-0.2, -0.15) is 0 Å². The number of phenolic OH excluding ortho intramolecular Hbond substituents is 1. The third kappa shape index (κ3) is 3.05. The van der Waals surface area contributed by atoms with E-state index >= 15 is 0 Å². The zero-order valence-electron chi connectivity index (χ0n) is 13.8. The minimum Gasteiger partial charge on any atom is -0.507 e. The molecule has 0 aliphatic carbocycles. The van der Waals surface area contributed by atoms with Crippen molar-refractivity contribution < 1.29 is 5.11 Å². The number of aromatic hydroxyl groups is 1. The monoisotopic (exact) mass is 322 g/mol. The lowest BCUT2D eigenvalue weighted by molar-refractivity contribution is 0.474. The largest absolute Gasteiger partial charge is 0.507 e. The number of benzene rings is 4. The van der Waals surface area contributed by atoms with Gasteiger partial charge in [-0.1, -0.05) is 91.0 Å². The second kappa shape index (κ2) is 6.66. The van der Waals surface area contributed by atoms with Gasteiger partial charge in [0.25, 0.3) is 0 Å². The molecular weight excluding hydrogens is 304 g/mol. The number of rotatable bonds is 3. The predicted octanol–water partition coefficient (Wildman–Crippen LogP) is 6.13. The van der Waals surface area contributed by atoms with Crippen molar-refractivity contribution in [2.45, 2.75) is 0 Å². The summed E-state index contributed by atoms with van der Waals surface area (Å²) in [5.74, 6) is 0.296. The maximum absolute atomic E-state index is 10.7. The molecular formula is C24H18O. The van der Waals surface area contributed by atoms with Crippen LogP contribution in [0.2, 0.25) is 0 Å². The van der Waals surface area contributed by atoms with Crippen LogP contribution < -0.4 is 0 Å². The van der Waals surface area contributed by atoms with Gasteiger partial charge < -0.3 is 5.11 Å². The van der Waals surface area contributed by atoms with Crippen molar-refractivity contribution in [1.29, 1.82) is 0 Å². The average molecular weight is 322 g/mol. The van der Waals surface area contributed by atoms with Gasteiger partial charge in [0.15, 0.2) is 0 Å². The Labute approximate surface area is 147 Å². The van der Waals surface area contributed by atoms with Crippen LogP contribution in [0.3, 0.4) is 0 Å². The Morgan fingerprint density at radius 1 is 0.640 bits per heavy atom. The Morgan fingerprint density at radius 2 is 1.28 bits per heavy atom. The van der Waals surface area contributed by atoms with Crippen LogP contribution in [0, 0.1) is 0 Å². The minimum absolute atomic E-state index is 0.296. The van der Waals surface area contributed by atoms with Gasteiger partial charge in [0, 0.05) is 5.56 Å². The lowest BCUT2D eigenvalue weighted by Gasteiger charge is -2.14. The van der Waals surface area contributed by atoms with Crippen molar-refractivity contribution in [3.63, 3.8) is 0 Å². The van der Waals surface area contributed by atoms with E-state index in [4.69, 9.17) is 0 Å². The molecule has 0 aromatic heterocycles. The van der Waals surface area contributed by atoms with Crippen molar-refractivity contribution in [3.05, 3.63) is 114 Å². The third-order valence-corrected chi connectivity index (χ3v) is 4.37. The maximum Gasteiger partial charge on any atom is 0.124 e. The lowest BCUT2D eigenvalue weighted by Crippen LogP contribution is -1.91. The van der Waals surface area contributed by atoms with Gasteiger partial charge in [0.1, 0.15) is 5.75 Å². The first-order valence-corrected chi connectivity index (χ1v) is 8.36. The van der Waals surface area contributed by atoms with Gasteiger partial charge in [-0.3, -0.25) is 0 Å². The van der Waals surface area contributed by atoms with Crippen LogP contribution in [0.4, 0.5) is 0 Å². The molecule has 4 rings (SSSR count). The molecule has 0 aliphatic heterocycles. The first-order chi connectivity index (χ1) is 12.3. The van der Waals surface area contributed by atoms with E-state index in [2.05, 4.69) is 42.5 Å². The first kappa shape index (κ1) is 15.2. The molecule has 4 aromatic rings. The van der Waals surface area contributed by atoms with Gasteiger partial charge in [-0.05, 0) is 39.6 Å². The summed E-state index contributed by atoms with van der Waals surface area (Å²) in [7, 11) is 0. The fourth-order valence-corrected chi connectivity index (χ4v) is 3.18. The smallest absolute Gasteiger partial charge is 0.124 e. The summed E-state index contributed by atoms with van der Waals surface area (Å²) in [6.45, 7) is 0. The standard InChI is InChI=1S/C24H18O/c25-23-16-15-20-13-7-8-14-21(20)24(23)22(19-11-5-2-6-12-19)17-18-9-3-1-4-10-18/h1-17,25H. The molecule has 0 bridgehead atoms. The van der Waals surface area contributed by atoms with Crippen LogP contribution in [-0.2, 0) is 0 Å². The molecule has 25 heavy (non-hydrogen) atoms. The molecule has 0 spiro atoms. The molecule has 1 N–H and O–H groups in total. The van der Waals surface area contributed by atoms with Gasteiger partial charge in [0.2, 0.25) is 0 Å². The lowest BCUT2D eigenvalue weighted by atomic mass is 9.91. The zero-order chi connectivity index (χ0) is 17.1. The van der Waals surface area contributed by atoms with Gasteiger partial charge >= 0.3 is 0 Å². The van der Waals surface area contributed by atoms with E-state index in [0.717, 1.165) is 33.0 Å². The summed E-state index contributed by atoms with van der Waals surface area (Å²) < 4.78 is 0. The van der Waals surface area contributed by atoms with E-state index in [1.807, 2.05) is 54.6 Å². The SMILES string of the molecule is Oc1ccc2ccccc2c1C(=Cc1ccccc1)c1ccccc1. The molecule has 0 heterocycles. The summed E-state index contributed by atoms with van der Waals surface area (Å²) in [6.07, 6.45) is 2.14. The van der Waals surface area contributed by atoms with Crippen molar-refractivity contribution in [2.75, 3.05) is 0 Å². The molecule has 4 aromatic carbocycles. The summed E-state index contributed by atoms with van der Waals surface area (Å²) >= 11 is 0. The van der Waals surface area contributed by atoms with Crippen molar-refractivity contribution in [3.8, 4) is 5.75 Å². The van der Waals surface area contributed by atoms with Crippen LogP contribution in [0.1, 0.15) is 16.7 Å². The zero-order valence-corrected chi connectivity index (χ0v) is 13.8. The van der Waals surface area contributed by atoms with Crippen LogP contribution in [-0.4, -0.2) is 5.11 Å². The Balaban J connectivity index is 2.03. The van der Waals surface area contributed by atoms with E-state index in [1.54, 1.807) is 6.07 Å². The topological polar surface area (TPSA) is 20.2 Å². The van der Waals surface area contributed by atoms with E-state index < -0.39 is 0 Å². The highest BCUT2D eigenvalue weighted by molar-refractivity contribution is 6.04. The quantitative estimate of drug-likeness (QED) is 0.450. The number of fused-ring (bicyclic) bond motifs is 1. The molecule has 0 amide bonds. The molecule has 0 saturated carbocycles. The number of phenols is 1. The highest BCUT2D eigenvalue weighted by Crippen LogP contribution is 2.37. The normalized spacial score (nSPS) is 11.6. The van der Waals surface area contributed by atoms with E-state index in [-0.39, 0.29) is 0 Å². The molecule has 0 atom stereocenters. The minimum atomic E-state index is 0.296. The van der Waals surface area contributed by atoms with Crippen molar-refractivity contribution in [2.24, 2.45) is 0 Å². The van der Waals surface area contributed by atoms with Crippen LogP contribution in [0.15, 0.2) is 97.1 Å². The predicted molar refractivity (Wildman–Crippen MR) is 105 cm³/mol. The van der Waals surface area contributed by atoms with Crippen molar-refractivity contribution >= 4 is 22.4 Å². The Bertz CT molecular complexity index is 1030. The van der Waals surface area contributed by atoms with Crippen LogP contribution >= 0.6 is 0 Å². The molecule has 120 valence electrons. The second-order valence-corrected chi connectivity index (χ2v) is 6.02. The molecule has 1 heteroatoms. The highest BCUT2D eigenvalue weighted by atomic mass is 16.3. The van der Waals surface area contributed by atoms with Gasteiger partial charge in [0.05, 0.1) is 0 Å². The second-order valence-electron chi connectivity index (χ2n) is 6.02. The van der Waals surface area contributed by atoms with Crippen LogP contribution in [0.25, 0.3) is 22.4 Å². The van der Waals surface area contributed by atoms with Crippen molar-refractivity contribution in [1.82, 2.24) is 0 Å². The molecule has 0 unspecified atom stereocenters. The van der Waals surface area contributed by atoms with E-state index in [0.29, 0.717) is 5.75 Å². The highest BCUT2D eigenvalue weighted by Gasteiger charge is 2.13. The van der Waals surface area contributed by atoms with Gasteiger partial charge in [-0.25, -0.2) is 0 Å². The first-order valence-electron chi connectivity index (χ1n) is 8.36. The Hall–Kier alpha value is -3.32. The summed E-state index contributed by atoms with van der Waals surface area (Å²) in [6, 6.07) is 32.3. The molecule has 0 saturated heterocycles.